The predicted octanol–water partition coefficient (Wildman–Crippen LogP) is 4.39. The Bertz CT molecular complexity index is 639. The van der Waals surface area contributed by atoms with Gasteiger partial charge >= 0.3 is 12.1 Å². The Hall–Kier alpha value is -2.04. The molecule has 0 N–H and O–H groups in total. The Labute approximate surface area is 119 Å². The first-order valence-electron chi connectivity index (χ1n) is 6.80. The molecule has 0 radical (unpaired) electrons. The highest BCUT2D eigenvalue weighted by Gasteiger charge is 2.43. The number of esters is 1. The summed E-state index contributed by atoms with van der Waals surface area (Å²) in [4.78, 5) is 11.8. The fraction of sp³-hybridized carbons (Fsp3) is 0.312. The monoisotopic (exact) mass is 294 g/mol. The number of hydrogen-bond donors (Lipinski definition) is 0. The van der Waals surface area contributed by atoms with Gasteiger partial charge in [-0.2, -0.15) is 13.2 Å². The normalized spacial score (nSPS) is 21.2. The quantitative estimate of drug-likeness (QED) is 0.718. The molecule has 0 atom stereocenters. The average Bonchev–Trinajstić information content (AvgIpc) is 2.77. The van der Waals surface area contributed by atoms with Crippen LogP contribution < -0.4 is 0 Å². The average molecular weight is 294 g/mol. The maximum atomic E-state index is 13.5. The topological polar surface area (TPSA) is 26.3 Å². The van der Waals surface area contributed by atoms with Crippen LogP contribution in [0.4, 0.5) is 13.2 Å². The lowest BCUT2D eigenvalue weighted by atomic mass is 9.90. The third kappa shape index (κ3) is 2.48. The van der Waals surface area contributed by atoms with E-state index in [9.17, 15) is 18.0 Å². The summed E-state index contributed by atoms with van der Waals surface area (Å²) in [5.41, 5.74) is 0.00633. The largest absolute Gasteiger partial charge is 0.422 e. The maximum absolute atomic E-state index is 13.5. The number of halogens is 3. The van der Waals surface area contributed by atoms with Crippen molar-refractivity contribution in [3.63, 3.8) is 0 Å². The molecule has 0 bridgehead atoms. The third-order valence-electron chi connectivity index (χ3n) is 3.76. The van der Waals surface area contributed by atoms with Gasteiger partial charge in [0, 0.05) is 11.1 Å². The molecule has 2 nitrogen and oxygen atoms in total. The maximum Gasteiger partial charge on any atom is 0.420 e. The van der Waals surface area contributed by atoms with Crippen LogP contribution in [0.1, 0.15) is 31.2 Å². The molecule has 0 spiro atoms. The van der Waals surface area contributed by atoms with Crippen molar-refractivity contribution in [2.24, 2.45) is 0 Å². The SMILES string of the molecule is O=C1O/C(=C(\c2ccccc2)C(F)(F)F)C2=C1CCCC2. The van der Waals surface area contributed by atoms with Gasteiger partial charge in [-0.15, -0.1) is 0 Å². The molecule has 110 valence electrons. The van der Waals surface area contributed by atoms with E-state index < -0.39 is 17.7 Å². The second kappa shape index (κ2) is 5.06. The fourth-order valence-electron chi connectivity index (χ4n) is 2.83. The lowest BCUT2D eigenvalue weighted by molar-refractivity contribution is -0.133. The van der Waals surface area contributed by atoms with Crippen LogP contribution in [0, 0.1) is 0 Å². The number of ether oxygens (including phenoxy) is 1. The van der Waals surface area contributed by atoms with Crippen LogP contribution in [0.3, 0.4) is 0 Å². The summed E-state index contributed by atoms with van der Waals surface area (Å²) in [5.74, 6) is -0.925. The van der Waals surface area contributed by atoms with E-state index in [0.29, 0.717) is 24.0 Å². The summed E-state index contributed by atoms with van der Waals surface area (Å²) in [7, 11) is 0. The van der Waals surface area contributed by atoms with E-state index >= 15 is 0 Å². The van der Waals surface area contributed by atoms with Crippen molar-refractivity contribution in [2.45, 2.75) is 31.9 Å². The number of allylic oxidation sites excluding steroid dienone is 2. The second-order valence-electron chi connectivity index (χ2n) is 5.12. The van der Waals surface area contributed by atoms with Gasteiger partial charge in [0.25, 0.3) is 0 Å². The van der Waals surface area contributed by atoms with Crippen molar-refractivity contribution in [1.82, 2.24) is 0 Å². The number of benzene rings is 1. The highest BCUT2D eigenvalue weighted by Crippen LogP contribution is 2.45. The zero-order valence-electron chi connectivity index (χ0n) is 11.2. The van der Waals surface area contributed by atoms with E-state index in [0.717, 1.165) is 12.8 Å². The lowest BCUT2D eigenvalue weighted by Gasteiger charge is -2.17. The van der Waals surface area contributed by atoms with Gasteiger partial charge in [0.2, 0.25) is 0 Å². The molecule has 0 saturated heterocycles. The van der Waals surface area contributed by atoms with Gasteiger partial charge in [-0.1, -0.05) is 30.3 Å². The number of carbonyl (C=O) groups excluding carboxylic acids is 1. The molecule has 3 rings (SSSR count). The Kier molecular flexibility index (Phi) is 3.35. The van der Waals surface area contributed by atoms with Crippen LogP contribution in [-0.4, -0.2) is 12.1 Å². The van der Waals surface area contributed by atoms with Crippen LogP contribution in [-0.2, 0) is 9.53 Å². The van der Waals surface area contributed by atoms with Crippen LogP contribution >= 0.6 is 0 Å². The Morgan fingerprint density at radius 2 is 1.62 bits per heavy atom. The van der Waals surface area contributed by atoms with E-state index in [1.807, 2.05) is 0 Å². The first-order valence-corrected chi connectivity index (χ1v) is 6.80. The van der Waals surface area contributed by atoms with Crippen molar-refractivity contribution in [2.75, 3.05) is 0 Å². The molecule has 0 aromatic heterocycles. The molecular formula is C16H13F3O2. The number of alkyl halides is 3. The minimum absolute atomic E-state index is 0.0205. The number of hydrogen-bond acceptors (Lipinski definition) is 2. The zero-order chi connectivity index (χ0) is 15.0. The summed E-state index contributed by atoms with van der Waals surface area (Å²) in [6.45, 7) is 0. The van der Waals surface area contributed by atoms with Crippen LogP contribution in [0.15, 0.2) is 47.2 Å². The Balaban J connectivity index is 2.21. The molecule has 1 aliphatic carbocycles. The Morgan fingerprint density at radius 1 is 1.00 bits per heavy atom. The molecule has 1 heterocycles. The minimum Gasteiger partial charge on any atom is -0.422 e. The van der Waals surface area contributed by atoms with Crippen LogP contribution in [0.5, 0.6) is 0 Å². The second-order valence-corrected chi connectivity index (χ2v) is 5.12. The highest BCUT2D eigenvalue weighted by atomic mass is 19.4. The molecule has 1 aromatic rings. The molecule has 0 amide bonds. The smallest absolute Gasteiger partial charge is 0.420 e. The third-order valence-corrected chi connectivity index (χ3v) is 3.76. The van der Waals surface area contributed by atoms with Crippen molar-refractivity contribution in [3.8, 4) is 0 Å². The molecule has 2 aliphatic rings. The van der Waals surface area contributed by atoms with Crippen molar-refractivity contribution < 1.29 is 22.7 Å². The first kappa shape index (κ1) is 13.9. The van der Waals surface area contributed by atoms with Gasteiger partial charge in [0.15, 0.2) is 0 Å². The minimum atomic E-state index is -4.57. The summed E-state index contributed by atoms with van der Waals surface area (Å²) in [5, 5.41) is 0. The highest BCUT2D eigenvalue weighted by molar-refractivity contribution is 5.97. The lowest BCUT2D eigenvalue weighted by Crippen LogP contribution is -2.14. The standard InChI is InChI=1S/C16H13F3O2/c17-16(18,19)13(10-6-2-1-3-7-10)14-11-8-4-5-9-12(11)15(20)21-14/h1-3,6-7H,4-5,8-9H2/b14-13+. The van der Waals surface area contributed by atoms with Gasteiger partial charge < -0.3 is 4.74 Å². The summed E-state index contributed by atoms with van der Waals surface area (Å²) < 4.78 is 45.4. The predicted molar refractivity (Wildman–Crippen MR) is 71.0 cm³/mol. The van der Waals surface area contributed by atoms with Crippen molar-refractivity contribution >= 4 is 11.5 Å². The van der Waals surface area contributed by atoms with Crippen LogP contribution in [0.25, 0.3) is 5.57 Å². The van der Waals surface area contributed by atoms with Gasteiger partial charge in [0.05, 0.1) is 0 Å². The van der Waals surface area contributed by atoms with Crippen LogP contribution in [0.2, 0.25) is 0 Å². The Morgan fingerprint density at radius 3 is 2.24 bits per heavy atom. The first-order chi connectivity index (χ1) is 9.98. The van der Waals surface area contributed by atoms with Gasteiger partial charge in [0.1, 0.15) is 11.3 Å². The molecule has 0 saturated carbocycles. The number of carbonyl (C=O) groups is 1. The molecule has 0 unspecified atom stereocenters. The molecule has 1 aromatic carbocycles. The van der Waals surface area contributed by atoms with Gasteiger partial charge in [-0.25, -0.2) is 4.79 Å². The molecule has 0 fully saturated rings. The van der Waals surface area contributed by atoms with Crippen molar-refractivity contribution in [3.05, 3.63) is 52.8 Å². The number of cyclic esters (lactones) is 1. The molecule has 1 aliphatic heterocycles. The fourth-order valence-corrected chi connectivity index (χ4v) is 2.83. The van der Waals surface area contributed by atoms with Gasteiger partial charge in [-0.3, -0.25) is 0 Å². The summed E-state index contributed by atoms with van der Waals surface area (Å²) >= 11 is 0. The molecule has 21 heavy (non-hydrogen) atoms. The van der Waals surface area contributed by atoms with E-state index in [2.05, 4.69) is 0 Å². The molecule has 5 heteroatoms. The van der Waals surface area contributed by atoms with Gasteiger partial charge in [-0.05, 0) is 31.2 Å². The van der Waals surface area contributed by atoms with E-state index in [1.54, 1.807) is 6.07 Å². The summed E-state index contributed by atoms with van der Waals surface area (Å²) in [6.07, 6.45) is -2.02. The summed E-state index contributed by atoms with van der Waals surface area (Å²) in [6, 6.07) is 7.48. The van der Waals surface area contributed by atoms with Crippen molar-refractivity contribution in [1.29, 1.82) is 0 Å². The zero-order valence-corrected chi connectivity index (χ0v) is 11.2. The number of rotatable bonds is 1. The van der Waals surface area contributed by atoms with E-state index in [4.69, 9.17) is 4.74 Å². The van der Waals surface area contributed by atoms with E-state index in [-0.39, 0.29) is 11.3 Å². The van der Waals surface area contributed by atoms with E-state index in [1.165, 1.54) is 24.3 Å². The molecular weight excluding hydrogens is 281 g/mol.